The van der Waals surface area contributed by atoms with Gasteiger partial charge in [-0.1, -0.05) is 12.8 Å². The van der Waals surface area contributed by atoms with Crippen molar-refractivity contribution in [1.82, 2.24) is 15.4 Å². The first-order chi connectivity index (χ1) is 9.28. The Morgan fingerprint density at radius 1 is 1.42 bits per heavy atom. The highest BCUT2D eigenvalue weighted by atomic mass is 15.5. The third kappa shape index (κ3) is 2.27. The van der Waals surface area contributed by atoms with E-state index in [1.807, 2.05) is 6.07 Å². The van der Waals surface area contributed by atoms with Crippen LogP contribution in [0, 0.1) is 11.3 Å². The molecule has 3 N–H and O–H groups in total. The van der Waals surface area contributed by atoms with Gasteiger partial charge in [-0.25, -0.2) is 10.4 Å². The summed E-state index contributed by atoms with van der Waals surface area (Å²) >= 11 is 0. The summed E-state index contributed by atoms with van der Waals surface area (Å²) in [7, 11) is 0. The Morgan fingerprint density at radius 2 is 2.21 bits per heavy atom. The lowest BCUT2D eigenvalue weighted by molar-refractivity contribution is 0.202. The van der Waals surface area contributed by atoms with Crippen LogP contribution in [0.5, 0.6) is 0 Å². The minimum absolute atomic E-state index is 0.0841. The van der Waals surface area contributed by atoms with Gasteiger partial charge in [-0.15, -0.1) is 0 Å². The number of hydrazine groups is 1. The number of nitrogens with zero attached hydrogens (tertiary/aromatic N) is 3. The van der Waals surface area contributed by atoms with Crippen molar-refractivity contribution >= 4 is 5.82 Å². The van der Waals surface area contributed by atoms with Crippen molar-refractivity contribution in [3.8, 4) is 6.07 Å². The number of nitrogen functional groups attached to an aromatic ring is 1. The second kappa shape index (κ2) is 4.90. The van der Waals surface area contributed by atoms with Crippen LogP contribution in [0.25, 0.3) is 0 Å². The highest BCUT2D eigenvalue weighted by Gasteiger charge is 2.26. The van der Waals surface area contributed by atoms with E-state index >= 15 is 0 Å². The van der Waals surface area contributed by atoms with Gasteiger partial charge in [0, 0.05) is 18.4 Å². The lowest BCUT2D eigenvalue weighted by Gasteiger charge is -2.26. The molecule has 1 aliphatic carbocycles. The smallest absolute Gasteiger partial charge is 0.141 e. The molecule has 19 heavy (non-hydrogen) atoms. The molecule has 5 nitrogen and oxygen atoms in total. The SMILES string of the molecule is N#Cc1cc(C2C=CN(C3CCCC3)N2)cnc1N. The molecule has 1 aromatic heterocycles. The van der Waals surface area contributed by atoms with Crippen LogP contribution >= 0.6 is 0 Å². The molecule has 0 radical (unpaired) electrons. The molecule has 0 bridgehead atoms. The van der Waals surface area contributed by atoms with Gasteiger partial charge in [-0.3, -0.25) is 0 Å². The number of nitrogens with one attached hydrogen (secondary N) is 1. The number of aromatic nitrogens is 1. The van der Waals surface area contributed by atoms with Crippen LogP contribution in [0.15, 0.2) is 24.5 Å². The third-order valence-electron chi connectivity index (χ3n) is 3.86. The maximum absolute atomic E-state index is 8.99. The summed E-state index contributed by atoms with van der Waals surface area (Å²) in [5.74, 6) is 0.292. The molecule has 1 saturated carbocycles. The van der Waals surface area contributed by atoms with E-state index in [0.717, 1.165) is 5.56 Å². The minimum atomic E-state index is 0.0841. The van der Waals surface area contributed by atoms with Crippen LogP contribution in [0.1, 0.15) is 42.9 Å². The molecule has 0 amide bonds. The van der Waals surface area contributed by atoms with Gasteiger partial charge in [-0.05, 0) is 30.5 Å². The van der Waals surface area contributed by atoms with Gasteiger partial charge in [0.2, 0.25) is 0 Å². The lowest BCUT2D eigenvalue weighted by Crippen LogP contribution is -2.38. The van der Waals surface area contributed by atoms with E-state index in [0.29, 0.717) is 17.4 Å². The molecule has 1 fully saturated rings. The Morgan fingerprint density at radius 3 is 2.95 bits per heavy atom. The zero-order valence-electron chi connectivity index (χ0n) is 10.7. The molecule has 0 spiro atoms. The summed E-state index contributed by atoms with van der Waals surface area (Å²) < 4.78 is 0. The highest BCUT2D eigenvalue weighted by molar-refractivity contribution is 5.50. The number of nitrogens with two attached hydrogens (primary N) is 1. The van der Waals surface area contributed by atoms with E-state index in [9.17, 15) is 0 Å². The minimum Gasteiger partial charge on any atom is -0.383 e. The molecule has 0 saturated heterocycles. The van der Waals surface area contributed by atoms with Crippen molar-refractivity contribution in [3.05, 3.63) is 35.7 Å². The van der Waals surface area contributed by atoms with Gasteiger partial charge in [0.1, 0.15) is 11.9 Å². The van der Waals surface area contributed by atoms with Crippen LogP contribution in [-0.4, -0.2) is 16.0 Å². The van der Waals surface area contributed by atoms with E-state index < -0.39 is 0 Å². The van der Waals surface area contributed by atoms with E-state index in [-0.39, 0.29) is 6.04 Å². The number of rotatable bonds is 2. The van der Waals surface area contributed by atoms with Gasteiger partial charge >= 0.3 is 0 Å². The monoisotopic (exact) mass is 255 g/mol. The van der Waals surface area contributed by atoms with Crippen molar-refractivity contribution in [2.75, 3.05) is 5.73 Å². The summed E-state index contributed by atoms with van der Waals surface area (Å²) in [5.41, 5.74) is 10.5. The van der Waals surface area contributed by atoms with Crippen LogP contribution in [0.3, 0.4) is 0 Å². The summed E-state index contributed by atoms with van der Waals surface area (Å²) in [4.78, 5) is 4.08. The second-order valence-electron chi connectivity index (χ2n) is 5.11. The first-order valence-corrected chi connectivity index (χ1v) is 6.66. The Kier molecular flexibility index (Phi) is 3.10. The van der Waals surface area contributed by atoms with Gasteiger partial charge in [0.15, 0.2) is 0 Å². The zero-order chi connectivity index (χ0) is 13.2. The number of nitriles is 1. The Hall–Kier alpha value is -2.06. The third-order valence-corrected chi connectivity index (χ3v) is 3.86. The number of anilines is 1. The maximum atomic E-state index is 8.99. The van der Waals surface area contributed by atoms with Gasteiger partial charge in [-0.2, -0.15) is 5.26 Å². The number of hydrogen-bond donors (Lipinski definition) is 2. The molecule has 2 heterocycles. The van der Waals surface area contributed by atoms with Crippen molar-refractivity contribution < 1.29 is 0 Å². The standard InChI is InChI=1S/C14H17N5/c15-8-10-7-11(9-17-14(10)16)13-5-6-19(18-13)12-3-1-2-4-12/h5-7,9,12-13,18H,1-4H2,(H2,16,17). The number of pyridine rings is 1. The summed E-state index contributed by atoms with van der Waals surface area (Å²) in [6, 6.07) is 4.56. The van der Waals surface area contributed by atoms with Gasteiger partial charge in [0.25, 0.3) is 0 Å². The van der Waals surface area contributed by atoms with E-state index in [1.54, 1.807) is 6.20 Å². The normalized spacial score (nSPS) is 22.9. The molecule has 1 atom stereocenters. The van der Waals surface area contributed by atoms with E-state index in [1.165, 1.54) is 25.7 Å². The zero-order valence-corrected chi connectivity index (χ0v) is 10.7. The quantitative estimate of drug-likeness (QED) is 0.843. The molecule has 1 aliphatic heterocycles. The predicted octanol–water partition coefficient (Wildman–Crippen LogP) is 1.85. The average Bonchev–Trinajstić information content (AvgIpc) is 3.10. The molecule has 3 rings (SSSR count). The fourth-order valence-electron chi connectivity index (χ4n) is 2.77. The Balaban J connectivity index is 1.74. The topological polar surface area (TPSA) is 78.0 Å². The molecule has 5 heteroatoms. The largest absolute Gasteiger partial charge is 0.383 e. The van der Waals surface area contributed by atoms with Crippen molar-refractivity contribution in [2.45, 2.75) is 37.8 Å². The number of hydrogen-bond acceptors (Lipinski definition) is 5. The second-order valence-corrected chi connectivity index (χ2v) is 5.11. The van der Waals surface area contributed by atoms with E-state index in [4.69, 9.17) is 11.0 Å². The fourth-order valence-corrected chi connectivity index (χ4v) is 2.77. The Bertz CT molecular complexity index is 539. The molecule has 1 unspecified atom stereocenters. The van der Waals surface area contributed by atoms with E-state index in [2.05, 4.69) is 33.8 Å². The maximum Gasteiger partial charge on any atom is 0.141 e. The van der Waals surface area contributed by atoms with Gasteiger partial charge in [0.05, 0.1) is 11.6 Å². The molecular weight excluding hydrogens is 238 g/mol. The molecule has 2 aliphatic rings. The first kappa shape index (κ1) is 12.0. The summed E-state index contributed by atoms with van der Waals surface area (Å²) in [5, 5.41) is 11.2. The van der Waals surface area contributed by atoms with Crippen LogP contribution < -0.4 is 11.2 Å². The first-order valence-electron chi connectivity index (χ1n) is 6.66. The Labute approximate surface area is 112 Å². The van der Waals surface area contributed by atoms with Crippen LogP contribution in [0.2, 0.25) is 0 Å². The predicted molar refractivity (Wildman–Crippen MR) is 72.5 cm³/mol. The van der Waals surface area contributed by atoms with Crippen molar-refractivity contribution in [1.29, 1.82) is 5.26 Å². The lowest BCUT2D eigenvalue weighted by atomic mass is 10.1. The average molecular weight is 255 g/mol. The van der Waals surface area contributed by atoms with Crippen molar-refractivity contribution in [3.63, 3.8) is 0 Å². The van der Waals surface area contributed by atoms with Crippen LogP contribution in [0.4, 0.5) is 5.82 Å². The fraction of sp³-hybridized carbons (Fsp3) is 0.429. The molecular formula is C14H17N5. The summed E-state index contributed by atoms with van der Waals surface area (Å²) in [6.45, 7) is 0. The van der Waals surface area contributed by atoms with Gasteiger partial charge < -0.3 is 10.7 Å². The highest BCUT2D eigenvalue weighted by Crippen LogP contribution is 2.28. The molecule has 1 aromatic rings. The summed E-state index contributed by atoms with van der Waals surface area (Å²) in [6.07, 6.45) is 11.0. The molecule has 0 aromatic carbocycles. The van der Waals surface area contributed by atoms with Crippen LogP contribution in [-0.2, 0) is 0 Å². The van der Waals surface area contributed by atoms with Crippen molar-refractivity contribution in [2.24, 2.45) is 0 Å². The molecule has 98 valence electrons.